The monoisotopic (exact) mass is 360 g/mol. The molecule has 4 aromatic rings. The Morgan fingerprint density at radius 2 is 1.93 bits per heavy atom. The summed E-state index contributed by atoms with van der Waals surface area (Å²) in [6, 6.07) is 10.7. The van der Waals surface area contributed by atoms with E-state index in [0.29, 0.717) is 5.92 Å². The number of aryl methyl sites for hydroxylation is 1. The Hall–Kier alpha value is -2.99. The van der Waals surface area contributed by atoms with Crippen molar-refractivity contribution < 1.29 is 0 Å². The van der Waals surface area contributed by atoms with Gasteiger partial charge >= 0.3 is 0 Å². The first-order chi connectivity index (χ1) is 13.1. The molecule has 0 unspecified atom stereocenters. The molecular formula is C21H24N6. The lowest BCUT2D eigenvalue weighted by atomic mass is 9.93. The lowest BCUT2D eigenvalue weighted by Crippen LogP contribution is -2.04. The maximum absolute atomic E-state index is 4.67. The normalized spacial score (nSPS) is 11.6. The average molecular weight is 360 g/mol. The van der Waals surface area contributed by atoms with Crippen LogP contribution in [0.1, 0.15) is 36.5 Å². The van der Waals surface area contributed by atoms with Crippen molar-refractivity contribution in [3.05, 3.63) is 59.5 Å². The van der Waals surface area contributed by atoms with E-state index < -0.39 is 0 Å². The lowest BCUT2D eigenvalue weighted by molar-refractivity contribution is 0.818. The van der Waals surface area contributed by atoms with Crippen LogP contribution in [0.25, 0.3) is 28.2 Å². The Morgan fingerprint density at radius 3 is 2.63 bits per heavy atom. The fourth-order valence-corrected chi connectivity index (χ4v) is 3.57. The Bertz CT molecular complexity index is 1070. The highest BCUT2D eigenvalue weighted by Crippen LogP contribution is 2.35. The summed E-state index contributed by atoms with van der Waals surface area (Å²) in [5.41, 5.74) is 8.69. The molecule has 4 rings (SSSR count). The van der Waals surface area contributed by atoms with Gasteiger partial charge in [-0.25, -0.2) is 9.50 Å². The molecule has 3 aromatic heterocycles. The topological polar surface area (TPSA) is 70.9 Å². The molecule has 27 heavy (non-hydrogen) atoms. The Balaban J connectivity index is 1.82. The molecule has 0 amide bonds. The molecule has 0 bridgehead atoms. The molecule has 0 atom stereocenters. The highest BCUT2D eigenvalue weighted by molar-refractivity contribution is 5.75. The van der Waals surface area contributed by atoms with Crippen molar-refractivity contribution in [1.82, 2.24) is 30.1 Å². The van der Waals surface area contributed by atoms with Gasteiger partial charge in [-0.2, -0.15) is 10.2 Å². The molecule has 0 fully saturated rings. The van der Waals surface area contributed by atoms with Gasteiger partial charge in [0, 0.05) is 29.4 Å². The van der Waals surface area contributed by atoms with Crippen molar-refractivity contribution in [2.75, 3.05) is 7.05 Å². The van der Waals surface area contributed by atoms with Crippen LogP contribution >= 0.6 is 0 Å². The quantitative estimate of drug-likeness (QED) is 0.565. The Morgan fingerprint density at radius 1 is 1.15 bits per heavy atom. The minimum Gasteiger partial charge on any atom is -0.316 e. The van der Waals surface area contributed by atoms with E-state index in [1.165, 1.54) is 11.1 Å². The van der Waals surface area contributed by atoms with E-state index in [0.717, 1.165) is 40.3 Å². The SMILES string of the molecule is CNCc1ccc(-c2n[nH]c(-c3cc(C)c4ncnn4c3)c2C(C)C)cc1. The first-order valence-electron chi connectivity index (χ1n) is 9.21. The van der Waals surface area contributed by atoms with Crippen LogP contribution in [0, 0.1) is 6.92 Å². The zero-order valence-electron chi connectivity index (χ0n) is 16.1. The van der Waals surface area contributed by atoms with Crippen molar-refractivity contribution in [2.24, 2.45) is 0 Å². The molecule has 6 heteroatoms. The van der Waals surface area contributed by atoms with Crippen LogP contribution in [-0.2, 0) is 6.54 Å². The smallest absolute Gasteiger partial charge is 0.158 e. The minimum absolute atomic E-state index is 0.331. The van der Waals surface area contributed by atoms with Crippen LogP contribution in [0.4, 0.5) is 0 Å². The standard InChI is InChI=1S/C21H24N6/c1-13(2)18-19(16-7-5-15(6-8-16)10-22-4)25-26-20(18)17-9-14(3)21-23-12-24-27(21)11-17/h5-9,11-13,22H,10H2,1-4H3,(H,25,26). The van der Waals surface area contributed by atoms with E-state index in [1.54, 1.807) is 6.33 Å². The zero-order valence-corrected chi connectivity index (χ0v) is 16.1. The van der Waals surface area contributed by atoms with Crippen molar-refractivity contribution in [3.8, 4) is 22.5 Å². The molecule has 0 radical (unpaired) electrons. The summed E-state index contributed by atoms with van der Waals surface area (Å²) < 4.78 is 1.82. The molecule has 2 N–H and O–H groups in total. The van der Waals surface area contributed by atoms with Gasteiger partial charge in [0.15, 0.2) is 5.65 Å². The molecule has 0 aliphatic heterocycles. The average Bonchev–Trinajstić information content (AvgIpc) is 3.29. The van der Waals surface area contributed by atoms with E-state index in [1.807, 2.05) is 17.8 Å². The summed E-state index contributed by atoms with van der Waals surface area (Å²) in [5.74, 6) is 0.331. The van der Waals surface area contributed by atoms with Crippen LogP contribution in [0.3, 0.4) is 0 Å². The summed E-state index contributed by atoms with van der Waals surface area (Å²) in [5, 5.41) is 15.4. The van der Waals surface area contributed by atoms with E-state index in [4.69, 9.17) is 0 Å². The molecule has 1 aromatic carbocycles. The van der Waals surface area contributed by atoms with Crippen LogP contribution < -0.4 is 5.32 Å². The van der Waals surface area contributed by atoms with E-state index in [9.17, 15) is 0 Å². The van der Waals surface area contributed by atoms with Crippen LogP contribution in [0.15, 0.2) is 42.9 Å². The van der Waals surface area contributed by atoms with E-state index in [-0.39, 0.29) is 0 Å². The third-order valence-electron chi connectivity index (χ3n) is 4.84. The van der Waals surface area contributed by atoms with Crippen molar-refractivity contribution in [1.29, 1.82) is 0 Å². The van der Waals surface area contributed by atoms with Gasteiger partial charge in [-0.05, 0) is 37.1 Å². The number of rotatable bonds is 5. The first kappa shape index (κ1) is 17.4. The van der Waals surface area contributed by atoms with Gasteiger partial charge < -0.3 is 5.32 Å². The van der Waals surface area contributed by atoms with Gasteiger partial charge in [0.05, 0.1) is 11.4 Å². The van der Waals surface area contributed by atoms with Crippen LogP contribution in [0.2, 0.25) is 0 Å². The summed E-state index contributed by atoms with van der Waals surface area (Å²) in [6.07, 6.45) is 3.59. The third-order valence-corrected chi connectivity index (χ3v) is 4.84. The molecule has 0 saturated carbocycles. The number of H-pyrrole nitrogens is 1. The van der Waals surface area contributed by atoms with Gasteiger partial charge in [-0.1, -0.05) is 38.1 Å². The number of aromatic nitrogens is 5. The van der Waals surface area contributed by atoms with Crippen molar-refractivity contribution in [2.45, 2.75) is 33.2 Å². The molecule has 0 aliphatic rings. The van der Waals surface area contributed by atoms with Gasteiger partial charge in [-0.3, -0.25) is 5.10 Å². The van der Waals surface area contributed by atoms with E-state index >= 15 is 0 Å². The minimum atomic E-state index is 0.331. The number of benzene rings is 1. The Kier molecular flexibility index (Phi) is 4.49. The predicted molar refractivity (Wildman–Crippen MR) is 108 cm³/mol. The molecule has 138 valence electrons. The summed E-state index contributed by atoms with van der Waals surface area (Å²) in [4.78, 5) is 4.31. The second-order valence-electron chi connectivity index (χ2n) is 7.18. The number of nitrogens with zero attached hydrogens (tertiary/aromatic N) is 4. The van der Waals surface area contributed by atoms with Crippen molar-refractivity contribution >= 4 is 5.65 Å². The molecule has 3 heterocycles. The maximum atomic E-state index is 4.67. The fourth-order valence-electron chi connectivity index (χ4n) is 3.57. The van der Waals surface area contributed by atoms with Gasteiger partial charge in [0.1, 0.15) is 6.33 Å². The zero-order chi connectivity index (χ0) is 19.0. The second kappa shape index (κ2) is 6.96. The largest absolute Gasteiger partial charge is 0.316 e. The number of hydrogen-bond donors (Lipinski definition) is 2. The van der Waals surface area contributed by atoms with Gasteiger partial charge in [0.25, 0.3) is 0 Å². The lowest BCUT2D eigenvalue weighted by Gasteiger charge is -2.11. The molecule has 0 spiro atoms. The first-order valence-corrected chi connectivity index (χ1v) is 9.21. The fraction of sp³-hybridized carbons (Fsp3) is 0.286. The van der Waals surface area contributed by atoms with Crippen molar-refractivity contribution in [3.63, 3.8) is 0 Å². The highest BCUT2D eigenvalue weighted by atomic mass is 15.3. The number of nitrogens with one attached hydrogen (secondary N) is 2. The van der Waals surface area contributed by atoms with E-state index in [2.05, 4.69) is 76.7 Å². The van der Waals surface area contributed by atoms with Crippen LogP contribution in [-0.4, -0.2) is 31.8 Å². The maximum Gasteiger partial charge on any atom is 0.158 e. The number of pyridine rings is 1. The molecular weight excluding hydrogens is 336 g/mol. The predicted octanol–water partition coefficient (Wildman–Crippen LogP) is 3.94. The number of fused-ring (bicyclic) bond motifs is 1. The Labute approximate surface area is 158 Å². The second-order valence-corrected chi connectivity index (χ2v) is 7.18. The highest BCUT2D eigenvalue weighted by Gasteiger charge is 2.20. The van der Waals surface area contributed by atoms with Gasteiger partial charge in [-0.15, -0.1) is 0 Å². The summed E-state index contributed by atoms with van der Waals surface area (Å²) >= 11 is 0. The molecule has 0 aliphatic carbocycles. The molecule has 6 nitrogen and oxygen atoms in total. The van der Waals surface area contributed by atoms with Gasteiger partial charge in [0.2, 0.25) is 0 Å². The van der Waals surface area contributed by atoms with Crippen LogP contribution in [0.5, 0.6) is 0 Å². The third kappa shape index (κ3) is 3.13. The summed E-state index contributed by atoms with van der Waals surface area (Å²) in [6.45, 7) is 7.32. The number of hydrogen-bond acceptors (Lipinski definition) is 4. The number of aromatic amines is 1. The summed E-state index contributed by atoms with van der Waals surface area (Å²) in [7, 11) is 1.96. The molecule has 0 saturated heterocycles.